The van der Waals surface area contributed by atoms with Crippen molar-refractivity contribution in [3.63, 3.8) is 0 Å². The molecule has 2 atom stereocenters. The molecule has 2 aliphatic heterocycles. The van der Waals surface area contributed by atoms with E-state index in [2.05, 4.69) is 10.5 Å². The van der Waals surface area contributed by atoms with E-state index in [1.807, 2.05) is 48.5 Å². The first-order valence-corrected chi connectivity index (χ1v) is 13.2. The molecule has 2 heterocycles. The summed E-state index contributed by atoms with van der Waals surface area (Å²) in [5.74, 6) is -4.41. The van der Waals surface area contributed by atoms with E-state index in [9.17, 15) is 14.4 Å². The van der Waals surface area contributed by atoms with Crippen molar-refractivity contribution < 1.29 is 23.9 Å². The van der Waals surface area contributed by atoms with Crippen molar-refractivity contribution in [1.82, 2.24) is 5.43 Å². The van der Waals surface area contributed by atoms with Crippen molar-refractivity contribution in [3.8, 4) is 0 Å². The maximum Gasteiger partial charge on any atom is 0.300 e. The SMILES string of the molecule is CC1(C(=O)N/N=C\C23c4ccccc4C(c4ccccc42)[C@@H]2C(=O)N(c4ccccc4Cl)C(=O)[C@H]23)OCCO1. The second-order valence-corrected chi connectivity index (χ2v) is 10.7. The molecule has 0 saturated carbocycles. The lowest BCUT2D eigenvalue weighted by Gasteiger charge is -2.52. The summed E-state index contributed by atoms with van der Waals surface area (Å²) in [5.41, 5.74) is 5.51. The van der Waals surface area contributed by atoms with E-state index in [4.69, 9.17) is 21.1 Å². The van der Waals surface area contributed by atoms with Crippen LogP contribution >= 0.6 is 11.6 Å². The smallest absolute Gasteiger partial charge is 0.300 e. The van der Waals surface area contributed by atoms with Crippen LogP contribution in [0, 0.1) is 11.8 Å². The first kappa shape index (κ1) is 24.2. The van der Waals surface area contributed by atoms with Gasteiger partial charge in [-0.15, -0.1) is 0 Å². The Morgan fingerprint density at radius 3 is 2.18 bits per heavy atom. The van der Waals surface area contributed by atoms with Gasteiger partial charge in [-0.25, -0.2) is 10.3 Å². The zero-order valence-electron chi connectivity index (χ0n) is 21.0. The van der Waals surface area contributed by atoms with Crippen LogP contribution in [-0.2, 0) is 29.3 Å². The molecule has 5 aliphatic rings. The fourth-order valence-electron chi connectivity index (χ4n) is 6.86. The molecule has 2 bridgehead atoms. The monoisotopic (exact) mass is 541 g/mol. The Morgan fingerprint density at radius 1 is 0.949 bits per heavy atom. The Labute approximate surface area is 229 Å². The first-order chi connectivity index (χ1) is 18.9. The van der Waals surface area contributed by atoms with E-state index in [-0.39, 0.29) is 17.7 Å². The zero-order chi connectivity index (χ0) is 26.9. The summed E-state index contributed by atoms with van der Waals surface area (Å²) in [6, 6.07) is 22.5. The molecule has 3 aromatic rings. The number of imide groups is 1. The van der Waals surface area contributed by atoms with Gasteiger partial charge < -0.3 is 9.47 Å². The van der Waals surface area contributed by atoms with E-state index in [1.165, 1.54) is 11.8 Å². The molecule has 39 heavy (non-hydrogen) atoms. The number of nitrogens with one attached hydrogen (secondary N) is 1. The van der Waals surface area contributed by atoms with Crippen LogP contribution in [0.25, 0.3) is 0 Å². The molecule has 9 heteroatoms. The molecule has 0 unspecified atom stereocenters. The minimum atomic E-state index is -1.45. The van der Waals surface area contributed by atoms with Crippen LogP contribution in [0.4, 0.5) is 5.69 Å². The molecule has 196 valence electrons. The van der Waals surface area contributed by atoms with Gasteiger partial charge >= 0.3 is 0 Å². The van der Waals surface area contributed by atoms with Crippen LogP contribution < -0.4 is 10.3 Å². The molecular formula is C30H24ClN3O5. The molecule has 2 saturated heterocycles. The van der Waals surface area contributed by atoms with Crippen LogP contribution in [0.2, 0.25) is 5.02 Å². The summed E-state index contributed by atoms with van der Waals surface area (Å²) >= 11 is 6.48. The maximum atomic E-state index is 14.3. The second kappa shape index (κ2) is 8.58. The fourth-order valence-corrected chi connectivity index (χ4v) is 7.08. The topological polar surface area (TPSA) is 97.3 Å². The average molecular weight is 542 g/mol. The fraction of sp³-hybridized carbons (Fsp3) is 0.267. The van der Waals surface area contributed by atoms with Crippen molar-refractivity contribution in [3.05, 3.63) is 100 Å². The molecule has 2 fully saturated rings. The third kappa shape index (κ3) is 3.19. The molecule has 8 rings (SSSR count). The number of para-hydroxylation sites is 1. The van der Waals surface area contributed by atoms with Crippen molar-refractivity contribution in [1.29, 1.82) is 0 Å². The summed E-state index contributed by atoms with van der Waals surface area (Å²) in [6.07, 6.45) is 1.61. The van der Waals surface area contributed by atoms with E-state index in [0.717, 1.165) is 22.3 Å². The summed E-state index contributed by atoms with van der Waals surface area (Å²) in [7, 11) is 0. The average Bonchev–Trinajstić information content (AvgIpc) is 3.51. The number of carbonyl (C=O) groups excluding carboxylic acids is 3. The van der Waals surface area contributed by atoms with Crippen molar-refractivity contribution in [2.75, 3.05) is 18.1 Å². The number of halogens is 1. The lowest BCUT2D eigenvalue weighted by molar-refractivity contribution is -0.176. The van der Waals surface area contributed by atoms with Crippen molar-refractivity contribution in [2.24, 2.45) is 16.9 Å². The van der Waals surface area contributed by atoms with Gasteiger partial charge in [-0.2, -0.15) is 5.10 Å². The van der Waals surface area contributed by atoms with Crippen LogP contribution in [-0.4, -0.2) is 42.9 Å². The largest absolute Gasteiger partial charge is 0.340 e. The first-order valence-electron chi connectivity index (χ1n) is 12.8. The molecule has 3 aromatic carbocycles. The number of anilines is 1. The number of amides is 3. The maximum absolute atomic E-state index is 14.3. The van der Waals surface area contributed by atoms with Gasteiger partial charge in [0.05, 0.1) is 41.2 Å². The number of ether oxygens (including phenoxy) is 2. The molecule has 0 spiro atoms. The Morgan fingerprint density at radius 2 is 1.54 bits per heavy atom. The van der Waals surface area contributed by atoms with Gasteiger partial charge in [-0.05, 0) is 41.3 Å². The van der Waals surface area contributed by atoms with Crippen LogP contribution in [0.15, 0.2) is 77.9 Å². The van der Waals surface area contributed by atoms with Gasteiger partial charge in [0, 0.05) is 12.1 Å². The van der Waals surface area contributed by atoms with Gasteiger partial charge in [0.25, 0.3) is 5.91 Å². The summed E-state index contributed by atoms with van der Waals surface area (Å²) in [6.45, 7) is 2.14. The number of hydrazone groups is 1. The molecule has 8 nitrogen and oxygen atoms in total. The lowest BCUT2D eigenvalue weighted by atomic mass is 9.47. The normalized spacial score (nSPS) is 27.9. The van der Waals surface area contributed by atoms with Gasteiger partial charge in [-0.3, -0.25) is 14.4 Å². The molecule has 3 aliphatic carbocycles. The lowest BCUT2D eigenvalue weighted by Crippen LogP contribution is -2.55. The minimum absolute atomic E-state index is 0.297. The Hall–Kier alpha value is -3.85. The third-order valence-corrected chi connectivity index (χ3v) is 8.78. The number of benzene rings is 3. The summed E-state index contributed by atoms with van der Waals surface area (Å²) in [5, 5.41) is 4.71. The number of rotatable bonds is 4. The summed E-state index contributed by atoms with van der Waals surface area (Å²) < 4.78 is 10.9. The van der Waals surface area contributed by atoms with Crippen LogP contribution in [0.5, 0.6) is 0 Å². The highest BCUT2D eigenvalue weighted by Crippen LogP contribution is 2.63. The number of carbonyl (C=O) groups is 3. The van der Waals surface area contributed by atoms with E-state index in [0.29, 0.717) is 23.9 Å². The predicted molar refractivity (Wildman–Crippen MR) is 143 cm³/mol. The highest BCUT2D eigenvalue weighted by molar-refractivity contribution is 6.36. The number of hydrogen-bond donors (Lipinski definition) is 1. The molecule has 0 radical (unpaired) electrons. The van der Waals surface area contributed by atoms with Gasteiger partial charge in [-0.1, -0.05) is 72.3 Å². The van der Waals surface area contributed by atoms with Gasteiger partial charge in [0.15, 0.2) is 0 Å². The van der Waals surface area contributed by atoms with E-state index < -0.39 is 28.9 Å². The molecule has 0 aromatic heterocycles. The van der Waals surface area contributed by atoms with Crippen molar-refractivity contribution in [2.45, 2.75) is 24.0 Å². The molecular weight excluding hydrogens is 518 g/mol. The standard InChI is InChI=1S/C30H24ClN3O5/c1-29(38-14-15-39-29)28(37)33-32-16-30-19-10-4-2-8-17(19)23(18-9-3-5-11-20(18)30)24-25(30)27(36)34(26(24)35)22-13-7-6-12-21(22)31/h2-13,16,23-25H,14-15H2,1H3,(H,33,37)/b32-16-/t23?,24-,25-,30?/m0/s1. The van der Waals surface area contributed by atoms with E-state index in [1.54, 1.807) is 30.5 Å². The third-order valence-electron chi connectivity index (χ3n) is 8.46. The number of nitrogens with zero attached hydrogens (tertiary/aromatic N) is 2. The highest BCUT2D eigenvalue weighted by Gasteiger charge is 2.68. The van der Waals surface area contributed by atoms with Crippen LogP contribution in [0.1, 0.15) is 35.1 Å². The quantitative estimate of drug-likeness (QED) is 0.308. The zero-order valence-corrected chi connectivity index (χ0v) is 21.7. The highest BCUT2D eigenvalue weighted by atomic mass is 35.5. The van der Waals surface area contributed by atoms with Crippen LogP contribution in [0.3, 0.4) is 0 Å². The van der Waals surface area contributed by atoms with Crippen molar-refractivity contribution >= 4 is 41.2 Å². The van der Waals surface area contributed by atoms with Gasteiger partial charge in [0.1, 0.15) is 0 Å². The molecule has 3 amide bonds. The summed E-state index contributed by atoms with van der Waals surface area (Å²) in [4.78, 5) is 42.6. The Kier molecular flexibility index (Phi) is 5.32. The van der Waals surface area contributed by atoms with Gasteiger partial charge in [0.2, 0.25) is 17.6 Å². The Bertz CT molecular complexity index is 1530. The predicted octanol–water partition coefficient (Wildman–Crippen LogP) is 3.76. The Balaban J connectivity index is 1.42. The second-order valence-electron chi connectivity index (χ2n) is 10.3. The molecule has 1 N–H and O–H groups in total. The minimum Gasteiger partial charge on any atom is -0.340 e. The van der Waals surface area contributed by atoms with E-state index >= 15 is 0 Å². The number of hydrogen-bond acceptors (Lipinski definition) is 6.